The second-order valence-corrected chi connectivity index (χ2v) is 5.95. The molecule has 0 saturated heterocycles. The molecule has 1 aliphatic heterocycles. The van der Waals surface area contributed by atoms with Gasteiger partial charge in [-0.2, -0.15) is 0 Å². The monoisotopic (exact) mass is 275 g/mol. The average molecular weight is 275 g/mol. The van der Waals surface area contributed by atoms with Gasteiger partial charge in [0.2, 0.25) is 0 Å². The number of nitrogens with two attached hydrogens (primary N) is 1. The number of fused-ring (bicyclic) bond motifs is 1. The number of aliphatic hydroxyl groups is 1. The fraction of sp³-hybridized carbons (Fsp3) is 0.562. The van der Waals surface area contributed by atoms with Gasteiger partial charge < -0.3 is 15.6 Å². The molecule has 4 heteroatoms. The molecule has 108 valence electrons. The molecular weight excluding hydrogens is 254 g/mol. The van der Waals surface area contributed by atoms with E-state index in [1.807, 2.05) is 24.3 Å². The number of rotatable bonds is 2. The van der Waals surface area contributed by atoms with E-state index in [0.29, 0.717) is 45.3 Å². The van der Waals surface area contributed by atoms with Crippen molar-refractivity contribution in [3.05, 3.63) is 29.8 Å². The molecule has 1 fully saturated rings. The Bertz CT molecular complexity index is 518. The Balaban J connectivity index is 2.06. The molecule has 20 heavy (non-hydrogen) atoms. The second-order valence-electron chi connectivity index (χ2n) is 5.95. The van der Waals surface area contributed by atoms with Crippen molar-refractivity contribution in [2.45, 2.75) is 43.1 Å². The normalized spacial score (nSPS) is 28.6. The van der Waals surface area contributed by atoms with Crippen LogP contribution in [0.25, 0.3) is 0 Å². The van der Waals surface area contributed by atoms with Gasteiger partial charge in [0.1, 0.15) is 11.5 Å². The van der Waals surface area contributed by atoms with E-state index >= 15 is 0 Å². The van der Waals surface area contributed by atoms with Gasteiger partial charge in [0.05, 0.1) is 12.2 Å². The van der Waals surface area contributed by atoms with Gasteiger partial charge >= 0.3 is 0 Å². The topological polar surface area (TPSA) is 72.5 Å². The van der Waals surface area contributed by atoms with Gasteiger partial charge in [-0.25, -0.2) is 0 Å². The van der Waals surface area contributed by atoms with Crippen molar-refractivity contribution in [1.82, 2.24) is 0 Å². The molecule has 3 N–H and O–H groups in total. The highest BCUT2D eigenvalue weighted by atomic mass is 16.5. The molecule has 2 aliphatic rings. The summed E-state index contributed by atoms with van der Waals surface area (Å²) in [6.07, 6.45) is 2.59. The van der Waals surface area contributed by atoms with Crippen LogP contribution in [-0.2, 0) is 10.2 Å². The minimum atomic E-state index is -0.907. The summed E-state index contributed by atoms with van der Waals surface area (Å²) >= 11 is 0. The van der Waals surface area contributed by atoms with E-state index in [4.69, 9.17) is 10.5 Å². The minimum absolute atomic E-state index is 0.238. The van der Waals surface area contributed by atoms with Crippen molar-refractivity contribution in [1.29, 1.82) is 0 Å². The zero-order chi connectivity index (χ0) is 14.2. The largest absolute Gasteiger partial charge is 0.493 e. The molecular formula is C16H21NO3. The molecule has 0 radical (unpaired) electrons. The van der Waals surface area contributed by atoms with Crippen molar-refractivity contribution >= 4 is 5.78 Å². The van der Waals surface area contributed by atoms with Gasteiger partial charge in [0, 0.05) is 30.4 Å². The SMILES string of the molecule is NCC1(C2(O)CCC(=O)CC2)CCOc2ccccc21. The first kappa shape index (κ1) is 13.6. The van der Waals surface area contributed by atoms with Gasteiger partial charge in [-0.15, -0.1) is 0 Å². The number of Topliss-reactive ketones (excluding diaryl/α,β-unsaturated/α-hetero) is 1. The predicted molar refractivity (Wildman–Crippen MR) is 75.7 cm³/mol. The molecule has 3 rings (SSSR count). The van der Waals surface area contributed by atoms with E-state index in [1.54, 1.807) is 0 Å². The standard InChI is InChI=1S/C16H21NO3/c17-11-15(16(19)7-5-12(18)6-8-16)9-10-20-14-4-2-1-3-13(14)15/h1-4,19H,5-11,17H2. The van der Waals surface area contributed by atoms with Crippen LogP contribution >= 0.6 is 0 Å². The van der Waals surface area contributed by atoms with Crippen LogP contribution in [0.5, 0.6) is 5.75 Å². The predicted octanol–water partition coefficient (Wildman–Crippen LogP) is 1.54. The third kappa shape index (κ3) is 1.86. The summed E-state index contributed by atoms with van der Waals surface area (Å²) in [5.74, 6) is 1.05. The summed E-state index contributed by atoms with van der Waals surface area (Å²) in [4.78, 5) is 11.5. The second kappa shape index (κ2) is 4.86. The van der Waals surface area contributed by atoms with Crippen LogP contribution in [0, 0.1) is 0 Å². The highest BCUT2D eigenvalue weighted by Crippen LogP contribution is 2.50. The molecule has 4 nitrogen and oxygen atoms in total. The van der Waals surface area contributed by atoms with Crippen LogP contribution in [0.1, 0.15) is 37.7 Å². The molecule has 1 saturated carbocycles. The van der Waals surface area contributed by atoms with Crippen molar-refractivity contribution in [2.75, 3.05) is 13.2 Å². The Morgan fingerprint density at radius 2 is 1.90 bits per heavy atom. The maximum absolute atomic E-state index is 11.5. The van der Waals surface area contributed by atoms with E-state index in [1.165, 1.54) is 0 Å². The summed E-state index contributed by atoms with van der Waals surface area (Å²) in [6, 6.07) is 7.81. The molecule has 1 aromatic carbocycles. The Morgan fingerprint density at radius 1 is 1.20 bits per heavy atom. The van der Waals surface area contributed by atoms with Crippen LogP contribution in [-0.4, -0.2) is 29.6 Å². The summed E-state index contributed by atoms with van der Waals surface area (Å²) in [7, 11) is 0. The third-order valence-corrected chi connectivity index (χ3v) is 5.06. The molecule has 0 aromatic heterocycles. The molecule has 1 aliphatic carbocycles. The van der Waals surface area contributed by atoms with Crippen LogP contribution in [0.15, 0.2) is 24.3 Å². The number of carbonyl (C=O) groups is 1. The lowest BCUT2D eigenvalue weighted by Crippen LogP contribution is -2.59. The van der Waals surface area contributed by atoms with Crippen molar-refractivity contribution < 1.29 is 14.6 Å². The highest BCUT2D eigenvalue weighted by Gasteiger charge is 2.53. The molecule has 0 amide bonds. The maximum atomic E-state index is 11.5. The van der Waals surface area contributed by atoms with Crippen LogP contribution in [0.4, 0.5) is 0 Å². The van der Waals surface area contributed by atoms with Gasteiger partial charge in [0.15, 0.2) is 0 Å². The zero-order valence-corrected chi connectivity index (χ0v) is 11.6. The Morgan fingerprint density at radius 3 is 2.60 bits per heavy atom. The first-order chi connectivity index (χ1) is 9.61. The van der Waals surface area contributed by atoms with Crippen LogP contribution in [0.3, 0.4) is 0 Å². The number of ketones is 1. The van der Waals surface area contributed by atoms with Crippen molar-refractivity contribution in [2.24, 2.45) is 5.73 Å². The number of ether oxygens (including phenoxy) is 1. The zero-order valence-electron chi connectivity index (χ0n) is 11.6. The van der Waals surface area contributed by atoms with E-state index in [-0.39, 0.29) is 5.78 Å². The number of para-hydroxylation sites is 1. The molecule has 0 bridgehead atoms. The fourth-order valence-electron chi connectivity index (χ4n) is 3.76. The molecule has 1 aromatic rings. The lowest BCUT2D eigenvalue weighted by atomic mass is 9.59. The highest BCUT2D eigenvalue weighted by molar-refractivity contribution is 5.79. The third-order valence-electron chi connectivity index (χ3n) is 5.06. The maximum Gasteiger partial charge on any atom is 0.133 e. The van der Waals surface area contributed by atoms with Crippen molar-refractivity contribution in [3.63, 3.8) is 0 Å². The Hall–Kier alpha value is -1.39. The summed E-state index contributed by atoms with van der Waals surface area (Å²) in [5, 5.41) is 11.2. The van der Waals surface area contributed by atoms with Gasteiger partial charge in [0.25, 0.3) is 0 Å². The number of benzene rings is 1. The quantitative estimate of drug-likeness (QED) is 0.858. The lowest BCUT2D eigenvalue weighted by molar-refractivity contribution is -0.131. The summed E-state index contributed by atoms with van der Waals surface area (Å²) < 4.78 is 5.70. The number of hydrogen-bond acceptors (Lipinski definition) is 4. The smallest absolute Gasteiger partial charge is 0.133 e. The summed E-state index contributed by atoms with van der Waals surface area (Å²) in [5.41, 5.74) is 5.69. The van der Waals surface area contributed by atoms with Gasteiger partial charge in [-0.1, -0.05) is 18.2 Å². The van der Waals surface area contributed by atoms with E-state index < -0.39 is 11.0 Å². The minimum Gasteiger partial charge on any atom is -0.493 e. The van der Waals surface area contributed by atoms with Crippen LogP contribution in [0.2, 0.25) is 0 Å². The Labute approximate surface area is 118 Å². The molecule has 0 spiro atoms. The van der Waals surface area contributed by atoms with E-state index in [2.05, 4.69) is 0 Å². The summed E-state index contributed by atoms with van der Waals surface area (Å²) in [6.45, 7) is 0.933. The number of carbonyl (C=O) groups excluding carboxylic acids is 1. The van der Waals surface area contributed by atoms with E-state index in [0.717, 1.165) is 11.3 Å². The first-order valence-electron chi connectivity index (χ1n) is 7.28. The molecule has 1 heterocycles. The number of hydrogen-bond donors (Lipinski definition) is 2. The fourth-order valence-corrected chi connectivity index (χ4v) is 3.76. The first-order valence-corrected chi connectivity index (χ1v) is 7.28. The Kier molecular flexibility index (Phi) is 3.30. The lowest BCUT2D eigenvalue weighted by Gasteiger charge is -2.51. The average Bonchev–Trinajstić information content (AvgIpc) is 2.49. The van der Waals surface area contributed by atoms with Crippen LogP contribution < -0.4 is 10.5 Å². The van der Waals surface area contributed by atoms with Gasteiger partial charge in [-0.3, -0.25) is 4.79 Å². The van der Waals surface area contributed by atoms with Crippen molar-refractivity contribution in [3.8, 4) is 5.75 Å². The van der Waals surface area contributed by atoms with Gasteiger partial charge in [-0.05, 0) is 25.3 Å². The molecule has 1 atom stereocenters. The molecule has 1 unspecified atom stereocenters. The van der Waals surface area contributed by atoms with E-state index in [9.17, 15) is 9.90 Å².